The summed E-state index contributed by atoms with van der Waals surface area (Å²) in [5.41, 5.74) is 0.789. The van der Waals surface area contributed by atoms with E-state index in [1.54, 1.807) is 36.1 Å². The number of ether oxygens (including phenoxy) is 1. The normalized spacial score (nSPS) is 14.4. The van der Waals surface area contributed by atoms with E-state index in [9.17, 15) is 9.18 Å². The van der Waals surface area contributed by atoms with Crippen molar-refractivity contribution in [1.82, 2.24) is 9.80 Å². The van der Waals surface area contributed by atoms with Crippen LogP contribution in [0.2, 0.25) is 0 Å². The molecule has 2 amide bonds. The molecule has 0 N–H and O–H groups in total. The predicted octanol–water partition coefficient (Wildman–Crippen LogP) is 1.91. The van der Waals surface area contributed by atoms with Crippen molar-refractivity contribution in [2.45, 2.75) is 6.42 Å². The molecular formula is C17H23FN4O2. The third kappa shape index (κ3) is 4.36. The summed E-state index contributed by atoms with van der Waals surface area (Å²) in [4.78, 5) is 17.8. The van der Waals surface area contributed by atoms with Crippen molar-refractivity contribution in [2.75, 3.05) is 58.4 Å². The molecule has 0 atom stereocenters. The quantitative estimate of drug-likeness (QED) is 0.772. The van der Waals surface area contributed by atoms with Crippen LogP contribution in [0.15, 0.2) is 18.2 Å². The fraction of sp³-hybridized carbons (Fsp3) is 0.529. The third-order valence-corrected chi connectivity index (χ3v) is 4.14. The molecule has 0 aliphatic carbocycles. The van der Waals surface area contributed by atoms with Gasteiger partial charge >= 0.3 is 6.03 Å². The van der Waals surface area contributed by atoms with Gasteiger partial charge in [-0.05, 0) is 24.6 Å². The Balaban J connectivity index is 1.89. The molecule has 0 saturated carbocycles. The fourth-order valence-electron chi connectivity index (χ4n) is 2.75. The number of hydrogen-bond acceptors (Lipinski definition) is 4. The first-order chi connectivity index (χ1) is 11.6. The molecule has 1 aliphatic rings. The summed E-state index contributed by atoms with van der Waals surface area (Å²) in [7, 11) is 3.42. The standard InChI is InChI=1S/C17H23FN4O2/c1-20(6-3-11-24-2)17(23)22-9-7-21(8-10-22)16-5-4-14(13-19)12-15(16)18/h4-5,12H,3,6-11H2,1-2H3. The average Bonchev–Trinajstić information content (AvgIpc) is 2.61. The summed E-state index contributed by atoms with van der Waals surface area (Å²) < 4.78 is 19.1. The highest BCUT2D eigenvalue weighted by atomic mass is 19.1. The Kier molecular flexibility index (Phi) is 6.38. The topological polar surface area (TPSA) is 59.8 Å². The number of halogens is 1. The lowest BCUT2D eigenvalue weighted by Gasteiger charge is -2.37. The van der Waals surface area contributed by atoms with Gasteiger partial charge in [-0.3, -0.25) is 0 Å². The van der Waals surface area contributed by atoms with Crippen molar-refractivity contribution < 1.29 is 13.9 Å². The molecule has 1 fully saturated rings. The molecule has 1 heterocycles. The number of rotatable bonds is 5. The lowest BCUT2D eigenvalue weighted by molar-refractivity contribution is 0.148. The lowest BCUT2D eigenvalue weighted by Crippen LogP contribution is -2.52. The van der Waals surface area contributed by atoms with Gasteiger partial charge in [-0.1, -0.05) is 0 Å². The number of amides is 2. The number of hydrogen-bond donors (Lipinski definition) is 0. The summed E-state index contributed by atoms with van der Waals surface area (Å²) in [6.07, 6.45) is 0.801. The number of methoxy groups -OCH3 is 1. The Hall–Kier alpha value is -2.33. The van der Waals surface area contributed by atoms with Crippen molar-refractivity contribution in [3.05, 3.63) is 29.6 Å². The molecule has 0 unspecified atom stereocenters. The van der Waals surface area contributed by atoms with E-state index in [0.29, 0.717) is 50.6 Å². The summed E-state index contributed by atoms with van der Waals surface area (Å²) in [6, 6.07) is 6.40. The number of anilines is 1. The summed E-state index contributed by atoms with van der Waals surface area (Å²) in [6.45, 7) is 3.52. The minimum atomic E-state index is -0.398. The van der Waals surface area contributed by atoms with Crippen LogP contribution >= 0.6 is 0 Å². The molecule has 0 aromatic heterocycles. The smallest absolute Gasteiger partial charge is 0.319 e. The first-order valence-corrected chi connectivity index (χ1v) is 8.00. The molecule has 0 spiro atoms. The van der Waals surface area contributed by atoms with Crippen LogP contribution in [0.4, 0.5) is 14.9 Å². The summed E-state index contributed by atoms with van der Waals surface area (Å²) in [5.74, 6) is -0.398. The zero-order chi connectivity index (χ0) is 17.5. The van der Waals surface area contributed by atoms with Gasteiger partial charge in [0.05, 0.1) is 17.3 Å². The third-order valence-electron chi connectivity index (χ3n) is 4.14. The van der Waals surface area contributed by atoms with Crippen LogP contribution in [0, 0.1) is 17.1 Å². The highest BCUT2D eigenvalue weighted by Crippen LogP contribution is 2.22. The van der Waals surface area contributed by atoms with Crippen LogP contribution in [-0.2, 0) is 4.74 Å². The SMILES string of the molecule is COCCCN(C)C(=O)N1CCN(c2ccc(C#N)cc2F)CC1. The number of piperazine rings is 1. The zero-order valence-corrected chi connectivity index (χ0v) is 14.2. The maximum absolute atomic E-state index is 14.1. The number of urea groups is 1. The van der Waals surface area contributed by atoms with E-state index in [1.807, 2.05) is 11.0 Å². The Morgan fingerprint density at radius 1 is 1.38 bits per heavy atom. The van der Waals surface area contributed by atoms with E-state index in [0.717, 1.165) is 6.42 Å². The minimum Gasteiger partial charge on any atom is -0.385 e. The molecule has 24 heavy (non-hydrogen) atoms. The van der Waals surface area contributed by atoms with Crippen LogP contribution in [-0.4, -0.2) is 69.3 Å². The van der Waals surface area contributed by atoms with Gasteiger partial charge in [0.15, 0.2) is 0 Å². The molecule has 1 saturated heterocycles. The number of nitrogens with zero attached hydrogens (tertiary/aromatic N) is 4. The Morgan fingerprint density at radius 2 is 2.08 bits per heavy atom. The maximum atomic E-state index is 14.1. The van der Waals surface area contributed by atoms with E-state index in [4.69, 9.17) is 10.00 Å². The second-order valence-electron chi connectivity index (χ2n) is 5.80. The number of nitriles is 1. The highest BCUT2D eigenvalue weighted by Gasteiger charge is 2.24. The van der Waals surface area contributed by atoms with E-state index in [1.165, 1.54) is 6.07 Å². The predicted molar refractivity (Wildman–Crippen MR) is 89.4 cm³/mol. The second kappa shape index (κ2) is 8.50. The van der Waals surface area contributed by atoms with Crippen molar-refractivity contribution in [2.24, 2.45) is 0 Å². The van der Waals surface area contributed by atoms with Gasteiger partial charge in [0.25, 0.3) is 0 Å². The number of benzene rings is 1. The molecule has 7 heteroatoms. The van der Waals surface area contributed by atoms with Crippen molar-refractivity contribution >= 4 is 11.7 Å². The Labute approximate surface area is 142 Å². The zero-order valence-electron chi connectivity index (χ0n) is 14.2. The first-order valence-electron chi connectivity index (χ1n) is 8.00. The summed E-state index contributed by atoms with van der Waals surface area (Å²) >= 11 is 0. The highest BCUT2D eigenvalue weighted by molar-refractivity contribution is 5.74. The summed E-state index contributed by atoms with van der Waals surface area (Å²) in [5, 5.41) is 8.80. The molecule has 1 aliphatic heterocycles. The Morgan fingerprint density at radius 3 is 2.67 bits per heavy atom. The van der Waals surface area contributed by atoms with Crippen LogP contribution in [0.3, 0.4) is 0 Å². The monoisotopic (exact) mass is 334 g/mol. The number of carbonyl (C=O) groups excluding carboxylic acids is 1. The molecule has 6 nitrogen and oxygen atoms in total. The van der Waals surface area contributed by atoms with Crippen LogP contribution in [0.1, 0.15) is 12.0 Å². The van der Waals surface area contributed by atoms with E-state index in [2.05, 4.69) is 0 Å². The van der Waals surface area contributed by atoms with E-state index in [-0.39, 0.29) is 6.03 Å². The van der Waals surface area contributed by atoms with Gasteiger partial charge in [0, 0.05) is 53.5 Å². The van der Waals surface area contributed by atoms with Crippen molar-refractivity contribution in [3.63, 3.8) is 0 Å². The molecule has 130 valence electrons. The van der Waals surface area contributed by atoms with E-state index >= 15 is 0 Å². The van der Waals surface area contributed by atoms with Gasteiger partial charge in [0.2, 0.25) is 0 Å². The lowest BCUT2D eigenvalue weighted by atomic mass is 10.2. The average molecular weight is 334 g/mol. The van der Waals surface area contributed by atoms with Gasteiger partial charge in [-0.25, -0.2) is 9.18 Å². The Bertz CT molecular complexity index is 609. The van der Waals surface area contributed by atoms with Crippen molar-refractivity contribution in [1.29, 1.82) is 5.26 Å². The van der Waals surface area contributed by atoms with Crippen molar-refractivity contribution in [3.8, 4) is 6.07 Å². The minimum absolute atomic E-state index is 0.00828. The molecule has 1 aromatic rings. The van der Waals surface area contributed by atoms with Crippen LogP contribution in [0.25, 0.3) is 0 Å². The van der Waals surface area contributed by atoms with Gasteiger partial charge in [0.1, 0.15) is 5.82 Å². The molecular weight excluding hydrogens is 311 g/mol. The van der Waals surface area contributed by atoms with Gasteiger partial charge < -0.3 is 19.4 Å². The molecule has 1 aromatic carbocycles. The maximum Gasteiger partial charge on any atom is 0.319 e. The fourth-order valence-corrected chi connectivity index (χ4v) is 2.75. The largest absolute Gasteiger partial charge is 0.385 e. The molecule has 0 radical (unpaired) electrons. The molecule has 0 bridgehead atoms. The first kappa shape index (κ1) is 18.0. The van der Waals surface area contributed by atoms with Crippen LogP contribution < -0.4 is 4.90 Å². The molecule has 2 rings (SSSR count). The van der Waals surface area contributed by atoms with Gasteiger partial charge in [-0.15, -0.1) is 0 Å². The number of carbonyl (C=O) groups is 1. The van der Waals surface area contributed by atoms with Crippen LogP contribution in [0.5, 0.6) is 0 Å². The second-order valence-corrected chi connectivity index (χ2v) is 5.80. The van der Waals surface area contributed by atoms with E-state index < -0.39 is 5.82 Å². The van der Waals surface area contributed by atoms with Gasteiger partial charge in [-0.2, -0.15) is 5.26 Å².